The quantitative estimate of drug-likeness (QED) is 0.662. The van der Waals surface area contributed by atoms with Crippen LogP contribution in [0.3, 0.4) is 0 Å². The van der Waals surface area contributed by atoms with E-state index in [-0.39, 0.29) is 11.9 Å². The monoisotopic (exact) mass is 189 g/mol. The molecule has 0 amide bonds. The number of rotatable bonds is 3. The van der Waals surface area contributed by atoms with Crippen LogP contribution in [0, 0.1) is 5.92 Å². The van der Waals surface area contributed by atoms with E-state index in [9.17, 15) is 4.79 Å². The third-order valence-electron chi connectivity index (χ3n) is 2.17. The molecule has 70 valence electrons. The molecule has 0 aromatic rings. The molecular weight excluding hydrogens is 174 g/mol. The van der Waals surface area contributed by atoms with Gasteiger partial charge in [0.05, 0.1) is 13.0 Å². The van der Waals surface area contributed by atoms with Crippen molar-refractivity contribution in [2.75, 3.05) is 19.4 Å². The summed E-state index contributed by atoms with van der Waals surface area (Å²) in [5.41, 5.74) is 5.51. The Morgan fingerprint density at radius 2 is 2.58 bits per heavy atom. The maximum atomic E-state index is 11.2. The Kier molecular flexibility index (Phi) is 3.88. The van der Waals surface area contributed by atoms with Crippen LogP contribution in [-0.4, -0.2) is 30.6 Å². The topological polar surface area (TPSA) is 52.3 Å². The lowest BCUT2D eigenvalue weighted by Gasteiger charge is -2.17. The highest BCUT2D eigenvalue weighted by atomic mass is 32.2. The molecule has 4 heteroatoms. The largest absolute Gasteiger partial charge is 0.469 e. The second-order valence-electron chi connectivity index (χ2n) is 2.92. The van der Waals surface area contributed by atoms with Gasteiger partial charge in [-0.25, -0.2) is 0 Å². The number of nitrogens with two attached hydrogens (primary N) is 1. The van der Waals surface area contributed by atoms with Crippen molar-refractivity contribution in [1.82, 2.24) is 0 Å². The first-order valence-electron chi connectivity index (χ1n) is 4.19. The van der Waals surface area contributed by atoms with Crippen LogP contribution < -0.4 is 5.73 Å². The van der Waals surface area contributed by atoms with E-state index < -0.39 is 0 Å². The molecule has 0 aliphatic carbocycles. The third-order valence-corrected chi connectivity index (χ3v) is 3.69. The number of hydrogen-bond acceptors (Lipinski definition) is 4. The Balaban J connectivity index is 2.48. The predicted octanol–water partition coefficient (Wildman–Crippen LogP) is 0.630. The van der Waals surface area contributed by atoms with Gasteiger partial charge in [0.1, 0.15) is 0 Å². The molecule has 1 heterocycles. The first-order chi connectivity index (χ1) is 5.79. The second kappa shape index (κ2) is 4.72. The molecule has 0 radical (unpaired) electrons. The van der Waals surface area contributed by atoms with Crippen LogP contribution in [0.2, 0.25) is 0 Å². The number of thioether (sulfide) groups is 1. The van der Waals surface area contributed by atoms with Gasteiger partial charge in [-0.15, -0.1) is 0 Å². The molecule has 2 unspecified atom stereocenters. The van der Waals surface area contributed by atoms with Crippen molar-refractivity contribution in [2.45, 2.75) is 18.1 Å². The second-order valence-corrected chi connectivity index (χ2v) is 4.26. The standard InChI is InChI=1S/C8H15NO2S/c1-11-8(10)6(5-9)7-3-2-4-12-7/h6-7H,2-5,9H2,1H3. The summed E-state index contributed by atoms with van der Waals surface area (Å²) in [7, 11) is 1.42. The summed E-state index contributed by atoms with van der Waals surface area (Å²) in [4.78, 5) is 11.2. The molecule has 1 saturated heterocycles. The summed E-state index contributed by atoms with van der Waals surface area (Å²) in [6, 6.07) is 0. The Morgan fingerprint density at radius 1 is 1.83 bits per heavy atom. The first kappa shape index (κ1) is 9.86. The van der Waals surface area contributed by atoms with Crippen LogP contribution in [0.25, 0.3) is 0 Å². The fraction of sp³-hybridized carbons (Fsp3) is 0.875. The molecule has 0 aromatic heterocycles. The number of carbonyl (C=O) groups is 1. The van der Waals surface area contributed by atoms with Crippen LogP contribution in [0.1, 0.15) is 12.8 Å². The zero-order chi connectivity index (χ0) is 8.97. The average molecular weight is 189 g/mol. The fourth-order valence-electron chi connectivity index (χ4n) is 1.47. The molecule has 3 nitrogen and oxygen atoms in total. The molecule has 1 rings (SSSR count). The average Bonchev–Trinajstić information content (AvgIpc) is 2.58. The van der Waals surface area contributed by atoms with E-state index in [0.29, 0.717) is 11.8 Å². The minimum absolute atomic E-state index is 0.0949. The summed E-state index contributed by atoms with van der Waals surface area (Å²) in [5.74, 6) is 0.900. The Labute approximate surface area is 77.0 Å². The van der Waals surface area contributed by atoms with Gasteiger partial charge < -0.3 is 10.5 Å². The van der Waals surface area contributed by atoms with Crippen molar-refractivity contribution >= 4 is 17.7 Å². The minimum Gasteiger partial charge on any atom is -0.469 e. The van der Waals surface area contributed by atoms with E-state index in [1.54, 1.807) is 0 Å². The van der Waals surface area contributed by atoms with Gasteiger partial charge in [-0.05, 0) is 18.6 Å². The molecule has 12 heavy (non-hydrogen) atoms. The molecule has 2 atom stereocenters. The van der Waals surface area contributed by atoms with E-state index in [0.717, 1.165) is 12.2 Å². The SMILES string of the molecule is COC(=O)C(CN)C1CCCS1. The van der Waals surface area contributed by atoms with Crippen LogP contribution in [0.4, 0.5) is 0 Å². The van der Waals surface area contributed by atoms with Gasteiger partial charge in [-0.1, -0.05) is 0 Å². The molecule has 1 aliphatic rings. The summed E-state index contributed by atoms with van der Waals surface area (Å²) < 4.78 is 4.68. The van der Waals surface area contributed by atoms with E-state index in [2.05, 4.69) is 4.74 Å². The number of ether oxygens (including phenoxy) is 1. The van der Waals surface area contributed by atoms with E-state index >= 15 is 0 Å². The lowest BCUT2D eigenvalue weighted by Crippen LogP contribution is -2.32. The molecule has 1 aliphatic heterocycles. The van der Waals surface area contributed by atoms with Crippen molar-refractivity contribution in [1.29, 1.82) is 0 Å². The van der Waals surface area contributed by atoms with Crippen LogP contribution in [-0.2, 0) is 9.53 Å². The number of carbonyl (C=O) groups excluding carboxylic acids is 1. The zero-order valence-electron chi connectivity index (χ0n) is 7.29. The van der Waals surface area contributed by atoms with Crippen molar-refractivity contribution in [2.24, 2.45) is 11.7 Å². The van der Waals surface area contributed by atoms with Gasteiger partial charge in [-0.3, -0.25) is 4.79 Å². The van der Waals surface area contributed by atoms with Gasteiger partial charge in [0.15, 0.2) is 0 Å². The van der Waals surface area contributed by atoms with E-state index in [1.807, 2.05) is 11.8 Å². The summed E-state index contributed by atoms with van der Waals surface area (Å²) in [5, 5.41) is 0.391. The van der Waals surface area contributed by atoms with Crippen LogP contribution >= 0.6 is 11.8 Å². The lowest BCUT2D eigenvalue weighted by atomic mass is 10.0. The van der Waals surface area contributed by atoms with Gasteiger partial charge >= 0.3 is 5.97 Å². The zero-order valence-corrected chi connectivity index (χ0v) is 8.10. The van der Waals surface area contributed by atoms with Gasteiger partial charge in [0.25, 0.3) is 0 Å². The first-order valence-corrected chi connectivity index (χ1v) is 5.24. The molecule has 0 spiro atoms. The maximum Gasteiger partial charge on any atom is 0.311 e. The molecular formula is C8H15NO2S. The molecule has 0 aromatic carbocycles. The predicted molar refractivity (Wildman–Crippen MR) is 50.0 cm³/mol. The highest BCUT2D eigenvalue weighted by Gasteiger charge is 2.30. The Morgan fingerprint density at radius 3 is 3.00 bits per heavy atom. The Hall–Kier alpha value is -0.220. The maximum absolute atomic E-state index is 11.2. The molecule has 1 fully saturated rings. The van der Waals surface area contributed by atoms with E-state index in [4.69, 9.17) is 5.73 Å². The third kappa shape index (κ3) is 2.14. The molecule has 2 N–H and O–H groups in total. The molecule has 0 saturated carbocycles. The smallest absolute Gasteiger partial charge is 0.311 e. The molecule has 0 bridgehead atoms. The minimum atomic E-state index is -0.156. The normalized spacial score (nSPS) is 25.3. The van der Waals surface area contributed by atoms with Crippen LogP contribution in [0.5, 0.6) is 0 Å². The van der Waals surface area contributed by atoms with Crippen molar-refractivity contribution < 1.29 is 9.53 Å². The van der Waals surface area contributed by atoms with E-state index in [1.165, 1.54) is 13.5 Å². The highest BCUT2D eigenvalue weighted by molar-refractivity contribution is 8.00. The summed E-state index contributed by atoms with van der Waals surface area (Å²) in [6.07, 6.45) is 2.30. The van der Waals surface area contributed by atoms with Gasteiger partial charge in [0.2, 0.25) is 0 Å². The Bertz CT molecular complexity index is 157. The highest BCUT2D eigenvalue weighted by Crippen LogP contribution is 2.32. The van der Waals surface area contributed by atoms with Crippen LogP contribution in [0.15, 0.2) is 0 Å². The van der Waals surface area contributed by atoms with Gasteiger partial charge in [-0.2, -0.15) is 11.8 Å². The summed E-state index contributed by atoms with van der Waals surface area (Å²) >= 11 is 1.84. The lowest BCUT2D eigenvalue weighted by molar-refractivity contribution is -0.145. The van der Waals surface area contributed by atoms with Crippen molar-refractivity contribution in [3.05, 3.63) is 0 Å². The fourth-order valence-corrected chi connectivity index (χ4v) is 2.90. The van der Waals surface area contributed by atoms with Gasteiger partial charge in [0, 0.05) is 11.8 Å². The number of hydrogen-bond donors (Lipinski definition) is 1. The van der Waals surface area contributed by atoms with Crippen molar-refractivity contribution in [3.8, 4) is 0 Å². The number of esters is 1. The number of methoxy groups -OCH3 is 1. The van der Waals surface area contributed by atoms with Crippen molar-refractivity contribution in [3.63, 3.8) is 0 Å². The summed E-state index contributed by atoms with van der Waals surface area (Å²) in [6.45, 7) is 0.407.